The first-order valence-electron chi connectivity index (χ1n) is 6.67. The summed E-state index contributed by atoms with van der Waals surface area (Å²) >= 11 is 5.80. The Morgan fingerprint density at radius 3 is 2.21 bits per heavy atom. The van der Waals surface area contributed by atoms with Crippen LogP contribution in [0, 0.1) is 0 Å². The molecule has 3 N–H and O–H groups in total. The Morgan fingerprint density at radius 2 is 1.62 bits per heavy atom. The molecule has 0 saturated carbocycles. The van der Waals surface area contributed by atoms with Crippen molar-refractivity contribution in [3.05, 3.63) is 64.5 Å². The zero-order valence-corrected chi connectivity index (χ0v) is 15.0. The summed E-state index contributed by atoms with van der Waals surface area (Å²) in [4.78, 5) is -0.300. The van der Waals surface area contributed by atoms with Crippen molar-refractivity contribution in [2.24, 2.45) is 5.14 Å². The van der Waals surface area contributed by atoms with Crippen molar-refractivity contribution < 1.29 is 16.8 Å². The zero-order chi connectivity index (χ0) is 18.0. The monoisotopic (exact) mass is 386 g/mol. The fourth-order valence-electron chi connectivity index (χ4n) is 2.00. The van der Waals surface area contributed by atoms with Crippen LogP contribution in [0.2, 0.25) is 5.02 Å². The van der Waals surface area contributed by atoms with E-state index in [2.05, 4.69) is 4.72 Å². The van der Waals surface area contributed by atoms with E-state index in [1.54, 1.807) is 31.2 Å². The highest BCUT2D eigenvalue weighted by Gasteiger charge is 2.17. The van der Waals surface area contributed by atoms with Crippen LogP contribution in [-0.4, -0.2) is 16.8 Å². The van der Waals surface area contributed by atoms with Crippen LogP contribution < -0.4 is 9.86 Å². The largest absolute Gasteiger partial charge is 0.279 e. The Bertz CT molecular complexity index is 982. The van der Waals surface area contributed by atoms with Crippen molar-refractivity contribution in [2.75, 3.05) is 4.72 Å². The summed E-state index contributed by atoms with van der Waals surface area (Å²) in [6.07, 6.45) is 0. The lowest BCUT2D eigenvalue weighted by atomic mass is 10.1. The number of nitrogens with one attached hydrogen (secondary N) is 1. The standard InChI is InChI=1S/C15H15ClN2O4S2/c1-11(12-6-8-13(16)9-7-12)10-23(19,20)18-14-4-2-3-5-15(14)24(17,21)22/h2-10,18H,1H3,(H2,17,21,22). The molecule has 0 atom stereocenters. The smallest absolute Gasteiger partial charge is 0.255 e. The highest BCUT2D eigenvalue weighted by Crippen LogP contribution is 2.23. The van der Waals surface area contributed by atoms with E-state index in [1.807, 2.05) is 0 Å². The van der Waals surface area contributed by atoms with Crippen LogP contribution in [0.3, 0.4) is 0 Å². The van der Waals surface area contributed by atoms with Crippen LogP contribution in [0.15, 0.2) is 58.8 Å². The number of sulfonamides is 2. The second kappa shape index (κ2) is 6.94. The SMILES string of the molecule is CC(=CS(=O)(=O)Nc1ccccc1S(N)(=O)=O)c1ccc(Cl)cc1. The minimum Gasteiger partial charge on any atom is -0.279 e. The number of benzene rings is 2. The Kier molecular flexibility index (Phi) is 5.34. The molecule has 2 aromatic rings. The molecule has 0 radical (unpaired) electrons. The van der Waals surface area contributed by atoms with Gasteiger partial charge in [0, 0.05) is 5.02 Å². The van der Waals surface area contributed by atoms with Gasteiger partial charge < -0.3 is 0 Å². The van der Waals surface area contributed by atoms with E-state index in [-0.39, 0.29) is 10.6 Å². The molecule has 0 saturated heterocycles. The van der Waals surface area contributed by atoms with E-state index in [9.17, 15) is 16.8 Å². The molecule has 0 amide bonds. The predicted molar refractivity (Wildman–Crippen MR) is 95.5 cm³/mol. The zero-order valence-electron chi connectivity index (χ0n) is 12.6. The van der Waals surface area contributed by atoms with Crippen molar-refractivity contribution in [1.29, 1.82) is 0 Å². The van der Waals surface area contributed by atoms with Gasteiger partial charge in [0.25, 0.3) is 10.0 Å². The summed E-state index contributed by atoms with van der Waals surface area (Å²) in [5.41, 5.74) is 1.02. The predicted octanol–water partition coefficient (Wildman–Crippen LogP) is 2.79. The quantitative estimate of drug-likeness (QED) is 0.823. The summed E-state index contributed by atoms with van der Waals surface area (Å²) in [6.45, 7) is 1.62. The van der Waals surface area contributed by atoms with E-state index in [4.69, 9.17) is 16.7 Å². The molecule has 2 aromatic carbocycles. The van der Waals surface area contributed by atoms with E-state index < -0.39 is 20.0 Å². The molecule has 24 heavy (non-hydrogen) atoms. The third-order valence-electron chi connectivity index (χ3n) is 3.08. The summed E-state index contributed by atoms with van der Waals surface area (Å²) in [5, 5.41) is 6.64. The maximum atomic E-state index is 12.3. The summed E-state index contributed by atoms with van der Waals surface area (Å²) in [7, 11) is -7.99. The highest BCUT2D eigenvalue weighted by atomic mass is 35.5. The van der Waals surface area contributed by atoms with Crippen LogP contribution in [-0.2, 0) is 20.0 Å². The van der Waals surface area contributed by atoms with Gasteiger partial charge in [0.15, 0.2) is 0 Å². The number of halogens is 1. The Labute approximate surface area is 146 Å². The number of primary sulfonamides is 1. The van der Waals surface area contributed by atoms with Gasteiger partial charge in [-0.15, -0.1) is 0 Å². The molecule has 0 fully saturated rings. The Hall–Kier alpha value is -1.87. The average molecular weight is 387 g/mol. The summed E-state index contributed by atoms with van der Waals surface area (Å²) < 4.78 is 49.8. The molecule has 128 valence electrons. The van der Waals surface area contributed by atoms with E-state index in [0.29, 0.717) is 16.2 Å². The second-order valence-corrected chi connectivity index (χ2v) is 8.49. The molecule has 0 aliphatic rings. The fraction of sp³-hybridized carbons (Fsp3) is 0.0667. The number of hydrogen-bond acceptors (Lipinski definition) is 4. The minimum absolute atomic E-state index is 0.111. The minimum atomic E-state index is -4.05. The van der Waals surface area contributed by atoms with Crippen LogP contribution in [0.4, 0.5) is 5.69 Å². The number of rotatable bonds is 5. The Balaban J connectivity index is 2.36. The van der Waals surface area contributed by atoms with E-state index >= 15 is 0 Å². The number of anilines is 1. The Morgan fingerprint density at radius 1 is 1.04 bits per heavy atom. The normalized spacial score (nSPS) is 12.9. The molecule has 0 heterocycles. The van der Waals surface area contributed by atoms with Gasteiger partial charge in [-0.2, -0.15) is 0 Å². The second-order valence-electron chi connectivity index (χ2n) is 5.00. The van der Waals surface area contributed by atoms with Gasteiger partial charge in [0.05, 0.1) is 11.1 Å². The van der Waals surface area contributed by atoms with E-state index in [0.717, 1.165) is 5.41 Å². The third kappa shape index (κ3) is 4.81. The van der Waals surface area contributed by atoms with Crippen molar-refractivity contribution in [1.82, 2.24) is 0 Å². The molecule has 6 nitrogen and oxygen atoms in total. The number of allylic oxidation sites excluding steroid dienone is 1. The molecule has 9 heteroatoms. The molecular weight excluding hydrogens is 372 g/mol. The molecule has 0 spiro atoms. The van der Waals surface area contributed by atoms with Crippen LogP contribution in [0.1, 0.15) is 12.5 Å². The first-order chi connectivity index (χ1) is 11.1. The summed E-state index contributed by atoms with van der Waals surface area (Å²) in [6, 6.07) is 12.2. The molecule has 0 aromatic heterocycles. The maximum Gasteiger partial charge on any atom is 0.255 e. The fourth-order valence-corrected chi connectivity index (χ4v) is 4.02. The van der Waals surface area contributed by atoms with Crippen molar-refractivity contribution in [2.45, 2.75) is 11.8 Å². The van der Waals surface area contributed by atoms with Gasteiger partial charge in [-0.25, -0.2) is 22.0 Å². The molecule has 2 rings (SSSR count). The molecule has 0 unspecified atom stereocenters. The number of hydrogen-bond donors (Lipinski definition) is 2. The highest BCUT2D eigenvalue weighted by molar-refractivity contribution is 7.95. The topological polar surface area (TPSA) is 106 Å². The lowest BCUT2D eigenvalue weighted by Crippen LogP contribution is -2.17. The van der Waals surface area contributed by atoms with Crippen LogP contribution in [0.5, 0.6) is 0 Å². The first kappa shape index (κ1) is 18.5. The van der Waals surface area contributed by atoms with Crippen LogP contribution in [0.25, 0.3) is 5.57 Å². The number of para-hydroxylation sites is 1. The molecule has 0 bridgehead atoms. The average Bonchev–Trinajstić information content (AvgIpc) is 2.46. The van der Waals surface area contributed by atoms with Crippen molar-refractivity contribution in [3.63, 3.8) is 0 Å². The number of nitrogens with two attached hydrogens (primary N) is 1. The van der Waals surface area contributed by atoms with Gasteiger partial charge in [0.2, 0.25) is 10.0 Å². The van der Waals surface area contributed by atoms with Crippen LogP contribution >= 0.6 is 11.6 Å². The molecule has 0 aliphatic carbocycles. The third-order valence-corrected chi connectivity index (χ3v) is 5.47. The molecular formula is C15H15ClN2O4S2. The van der Waals surface area contributed by atoms with Gasteiger partial charge in [-0.05, 0) is 42.3 Å². The van der Waals surface area contributed by atoms with E-state index in [1.165, 1.54) is 24.3 Å². The van der Waals surface area contributed by atoms with Crippen molar-refractivity contribution >= 4 is 42.9 Å². The van der Waals surface area contributed by atoms with Crippen molar-refractivity contribution in [3.8, 4) is 0 Å². The lowest BCUT2D eigenvalue weighted by molar-refractivity contribution is 0.598. The summed E-state index contributed by atoms with van der Waals surface area (Å²) in [5.74, 6) is 0. The molecule has 0 aliphatic heterocycles. The van der Waals surface area contributed by atoms with Gasteiger partial charge >= 0.3 is 0 Å². The maximum absolute atomic E-state index is 12.3. The first-order valence-corrected chi connectivity index (χ1v) is 10.1. The van der Waals surface area contributed by atoms with Gasteiger partial charge in [-0.3, -0.25) is 4.72 Å². The van der Waals surface area contributed by atoms with Gasteiger partial charge in [0.1, 0.15) is 4.90 Å². The lowest BCUT2D eigenvalue weighted by Gasteiger charge is -2.10. The van der Waals surface area contributed by atoms with Gasteiger partial charge in [-0.1, -0.05) is 35.9 Å².